The molecule has 2 rings (SSSR count). The lowest BCUT2D eigenvalue weighted by molar-refractivity contribution is 0.202. The van der Waals surface area contributed by atoms with E-state index in [1.54, 1.807) is 20.3 Å². The fourth-order valence-corrected chi connectivity index (χ4v) is 2.01. The van der Waals surface area contributed by atoms with E-state index in [0.717, 1.165) is 30.1 Å². The smallest absolute Gasteiger partial charge is 0.127 e. The van der Waals surface area contributed by atoms with Gasteiger partial charge in [-0.2, -0.15) is 0 Å². The molecule has 21 heavy (non-hydrogen) atoms. The van der Waals surface area contributed by atoms with Gasteiger partial charge < -0.3 is 19.9 Å². The maximum Gasteiger partial charge on any atom is 0.127 e. The Kier molecular flexibility index (Phi) is 5.46. The van der Waals surface area contributed by atoms with Crippen LogP contribution in [0.15, 0.2) is 42.5 Å². The van der Waals surface area contributed by atoms with Crippen molar-refractivity contribution >= 4 is 5.69 Å². The lowest BCUT2D eigenvalue weighted by Crippen LogP contribution is -2.00. The van der Waals surface area contributed by atoms with Crippen LogP contribution in [0.2, 0.25) is 0 Å². The molecule has 0 aromatic heterocycles. The van der Waals surface area contributed by atoms with E-state index in [0.29, 0.717) is 12.3 Å². The second-order valence-electron chi connectivity index (χ2n) is 4.75. The second-order valence-corrected chi connectivity index (χ2v) is 4.75. The van der Waals surface area contributed by atoms with Gasteiger partial charge in [-0.3, -0.25) is 0 Å². The molecule has 0 spiro atoms. The van der Waals surface area contributed by atoms with Gasteiger partial charge in [0.05, 0.1) is 13.7 Å². The summed E-state index contributed by atoms with van der Waals surface area (Å²) in [5.74, 6) is 1.57. The zero-order valence-corrected chi connectivity index (χ0v) is 12.5. The van der Waals surface area contributed by atoms with Gasteiger partial charge in [0.15, 0.2) is 0 Å². The molecule has 0 heterocycles. The number of nitrogens with two attached hydrogens (primary N) is 1. The largest absolute Gasteiger partial charge is 0.496 e. The summed E-state index contributed by atoms with van der Waals surface area (Å²) in [6, 6.07) is 13.6. The van der Waals surface area contributed by atoms with E-state index in [1.165, 1.54) is 5.56 Å². The highest BCUT2D eigenvalue weighted by Gasteiger charge is 2.04. The Morgan fingerprint density at radius 1 is 1.00 bits per heavy atom. The van der Waals surface area contributed by atoms with Gasteiger partial charge in [0.1, 0.15) is 18.1 Å². The first kappa shape index (κ1) is 15.2. The predicted molar refractivity (Wildman–Crippen MR) is 83.8 cm³/mol. The van der Waals surface area contributed by atoms with Crippen molar-refractivity contribution in [3.05, 3.63) is 53.6 Å². The van der Waals surface area contributed by atoms with Crippen molar-refractivity contribution in [3.8, 4) is 11.5 Å². The average molecular weight is 287 g/mol. The lowest BCUT2D eigenvalue weighted by Gasteiger charge is -2.11. The van der Waals surface area contributed by atoms with E-state index < -0.39 is 0 Å². The summed E-state index contributed by atoms with van der Waals surface area (Å²) in [4.78, 5) is 0. The summed E-state index contributed by atoms with van der Waals surface area (Å²) in [7, 11) is 3.33. The van der Waals surface area contributed by atoms with Crippen LogP contribution in [0.4, 0.5) is 5.69 Å². The molecule has 2 aromatic carbocycles. The molecule has 0 atom stereocenters. The minimum absolute atomic E-state index is 0.445. The third-order valence-corrected chi connectivity index (χ3v) is 3.22. The molecule has 4 heteroatoms. The van der Waals surface area contributed by atoms with Gasteiger partial charge in [0.25, 0.3) is 0 Å². The number of hydrogen-bond acceptors (Lipinski definition) is 4. The summed E-state index contributed by atoms with van der Waals surface area (Å²) in [6.45, 7) is 1.17. The maximum atomic E-state index is 5.78. The van der Waals surface area contributed by atoms with E-state index in [-0.39, 0.29) is 0 Å². The van der Waals surface area contributed by atoms with Gasteiger partial charge >= 0.3 is 0 Å². The standard InChI is InChI=1S/C17H21NO3/c1-19-10-9-13-3-7-16(8-4-13)21-12-14-5-6-15(18)11-17(14)20-2/h3-8,11H,9-10,12,18H2,1-2H3. The summed E-state index contributed by atoms with van der Waals surface area (Å²) >= 11 is 0. The fourth-order valence-electron chi connectivity index (χ4n) is 2.01. The third-order valence-electron chi connectivity index (χ3n) is 3.22. The Labute approximate surface area is 125 Å². The molecule has 2 N–H and O–H groups in total. The third kappa shape index (κ3) is 4.39. The molecule has 0 fully saturated rings. The van der Waals surface area contributed by atoms with Gasteiger partial charge in [-0.25, -0.2) is 0 Å². The summed E-state index contributed by atoms with van der Waals surface area (Å²) in [5, 5.41) is 0. The molecule has 0 saturated heterocycles. The molecule has 2 aromatic rings. The number of benzene rings is 2. The molecule has 0 amide bonds. The normalized spacial score (nSPS) is 10.4. The van der Waals surface area contributed by atoms with Gasteiger partial charge in [0.2, 0.25) is 0 Å². The van der Waals surface area contributed by atoms with Crippen LogP contribution in [0.1, 0.15) is 11.1 Å². The first-order chi connectivity index (χ1) is 10.2. The Morgan fingerprint density at radius 2 is 1.76 bits per heavy atom. The van der Waals surface area contributed by atoms with Gasteiger partial charge in [-0.1, -0.05) is 12.1 Å². The zero-order chi connectivity index (χ0) is 15.1. The van der Waals surface area contributed by atoms with E-state index in [1.807, 2.05) is 24.3 Å². The summed E-state index contributed by atoms with van der Waals surface area (Å²) in [5.41, 5.74) is 8.61. The Balaban J connectivity index is 1.96. The highest BCUT2D eigenvalue weighted by molar-refractivity contribution is 5.48. The van der Waals surface area contributed by atoms with Gasteiger partial charge in [-0.15, -0.1) is 0 Å². The van der Waals surface area contributed by atoms with Crippen LogP contribution in [0, 0.1) is 0 Å². The van der Waals surface area contributed by atoms with Crippen molar-refractivity contribution in [1.29, 1.82) is 0 Å². The van der Waals surface area contributed by atoms with Crippen LogP contribution in [0.5, 0.6) is 11.5 Å². The van der Waals surface area contributed by atoms with Crippen molar-refractivity contribution in [2.45, 2.75) is 13.0 Å². The number of nitrogen functional groups attached to an aromatic ring is 1. The van der Waals surface area contributed by atoms with E-state index >= 15 is 0 Å². The monoisotopic (exact) mass is 287 g/mol. The van der Waals surface area contributed by atoms with Crippen LogP contribution in [0.25, 0.3) is 0 Å². The summed E-state index contributed by atoms with van der Waals surface area (Å²) in [6.07, 6.45) is 0.905. The highest BCUT2D eigenvalue weighted by Crippen LogP contribution is 2.23. The van der Waals surface area contributed by atoms with E-state index in [2.05, 4.69) is 12.1 Å². The minimum atomic E-state index is 0.445. The minimum Gasteiger partial charge on any atom is -0.496 e. The maximum absolute atomic E-state index is 5.78. The van der Waals surface area contributed by atoms with Gasteiger partial charge in [-0.05, 0) is 36.2 Å². The van der Waals surface area contributed by atoms with Gasteiger partial charge in [0, 0.05) is 24.4 Å². The number of ether oxygens (including phenoxy) is 3. The molecule has 0 aliphatic carbocycles. The molecule has 0 radical (unpaired) electrons. The van der Waals surface area contributed by atoms with Crippen molar-refractivity contribution in [3.63, 3.8) is 0 Å². The molecule has 0 saturated carbocycles. The Hall–Kier alpha value is -2.20. The van der Waals surface area contributed by atoms with E-state index in [9.17, 15) is 0 Å². The molecular weight excluding hydrogens is 266 g/mol. The Bertz CT molecular complexity index is 567. The van der Waals surface area contributed by atoms with Crippen LogP contribution in [-0.4, -0.2) is 20.8 Å². The first-order valence-electron chi connectivity index (χ1n) is 6.86. The van der Waals surface area contributed by atoms with Crippen molar-refractivity contribution in [1.82, 2.24) is 0 Å². The quantitative estimate of drug-likeness (QED) is 0.795. The molecule has 0 aliphatic rings. The SMILES string of the molecule is COCCc1ccc(OCc2ccc(N)cc2OC)cc1. The van der Waals surface area contributed by atoms with Crippen LogP contribution < -0.4 is 15.2 Å². The molecule has 4 nitrogen and oxygen atoms in total. The predicted octanol–water partition coefficient (Wildman–Crippen LogP) is 3.05. The number of rotatable bonds is 7. The van der Waals surface area contributed by atoms with Crippen molar-refractivity contribution in [2.24, 2.45) is 0 Å². The molecule has 0 unspecified atom stereocenters. The molecular formula is C17H21NO3. The number of methoxy groups -OCH3 is 2. The molecule has 0 bridgehead atoms. The lowest BCUT2D eigenvalue weighted by atomic mass is 10.1. The Morgan fingerprint density at radius 3 is 2.43 bits per heavy atom. The number of anilines is 1. The fraction of sp³-hybridized carbons (Fsp3) is 0.294. The van der Waals surface area contributed by atoms with Crippen LogP contribution in [0.3, 0.4) is 0 Å². The van der Waals surface area contributed by atoms with Crippen molar-refractivity contribution in [2.75, 3.05) is 26.6 Å². The molecule has 0 aliphatic heterocycles. The summed E-state index contributed by atoms with van der Waals surface area (Å²) < 4.78 is 16.1. The average Bonchev–Trinajstić information content (AvgIpc) is 2.52. The van der Waals surface area contributed by atoms with E-state index in [4.69, 9.17) is 19.9 Å². The highest BCUT2D eigenvalue weighted by atomic mass is 16.5. The second kappa shape index (κ2) is 7.55. The topological polar surface area (TPSA) is 53.7 Å². The van der Waals surface area contributed by atoms with Crippen LogP contribution >= 0.6 is 0 Å². The zero-order valence-electron chi connectivity index (χ0n) is 12.5. The van der Waals surface area contributed by atoms with Crippen molar-refractivity contribution < 1.29 is 14.2 Å². The molecule has 112 valence electrons. The number of hydrogen-bond donors (Lipinski definition) is 1. The van der Waals surface area contributed by atoms with Crippen LogP contribution in [-0.2, 0) is 17.8 Å². The first-order valence-corrected chi connectivity index (χ1v) is 6.86.